The number of pyridine rings is 2. The molecule has 0 spiro atoms. The number of ether oxygens (including phenoxy) is 4. The number of aromatic nitrogens is 2. The lowest BCUT2D eigenvalue weighted by molar-refractivity contribution is -0.140. The van der Waals surface area contributed by atoms with Crippen LogP contribution in [0.4, 0.5) is 5.69 Å². The Morgan fingerprint density at radius 3 is 1.80 bits per heavy atom. The summed E-state index contributed by atoms with van der Waals surface area (Å²) < 4.78 is 25.2. The van der Waals surface area contributed by atoms with Crippen molar-refractivity contribution >= 4 is 40.8 Å². The number of rotatable bonds is 25. The Balaban J connectivity index is 1.18. The first-order valence-electron chi connectivity index (χ1n) is 22.2. The van der Waals surface area contributed by atoms with Crippen LogP contribution in [0.2, 0.25) is 10.0 Å². The van der Waals surface area contributed by atoms with Crippen molar-refractivity contribution in [2.45, 2.75) is 91.1 Å². The Morgan fingerprint density at radius 2 is 1.23 bits per heavy atom. The lowest BCUT2D eigenvalue weighted by Gasteiger charge is -2.19. The van der Waals surface area contributed by atoms with Crippen molar-refractivity contribution in [3.63, 3.8) is 0 Å². The molecular formula is C53H51Cl2N5O10. The van der Waals surface area contributed by atoms with E-state index in [1.165, 1.54) is 12.4 Å². The Bertz CT molecular complexity index is 2710. The molecule has 0 saturated carbocycles. The molecule has 4 aromatic carbocycles. The van der Waals surface area contributed by atoms with Crippen molar-refractivity contribution in [1.82, 2.24) is 15.3 Å². The highest BCUT2D eigenvalue weighted by Gasteiger charge is 2.19. The number of nitrogens with one attached hydrogen (secondary N) is 1. The molecule has 0 bridgehead atoms. The molecule has 2 atom stereocenters. The molecule has 2 aromatic heterocycles. The molecule has 2 heterocycles. The van der Waals surface area contributed by atoms with Crippen LogP contribution in [-0.4, -0.2) is 61.1 Å². The number of carboxylic acid groups (broad SMARTS) is 2. The van der Waals surface area contributed by atoms with Gasteiger partial charge in [-0.2, -0.15) is 5.26 Å². The zero-order chi connectivity index (χ0) is 50.2. The Morgan fingerprint density at radius 1 is 0.700 bits per heavy atom. The highest BCUT2D eigenvalue weighted by molar-refractivity contribution is 6.32. The van der Waals surface area contributed by atoms with Gasteiger partial charge < -0.3 is 44.7 Å². The van der Waals surface area contributed by atoms with Crippen LogP contribution in [0.3, 0.4) is 0 Å². The largest absolute Gasteiger partial charge is 0.488 e. The minimum Gasteiger partial charge on any atom is -0.488 e. The number of aryl methyl sites for hydroxylation is 1. The Labute approximate surface area is 415 Å². The van der Waals surface area contributed by atoms with E-state index in [0.717, 1.165) is 38.9 Å². The van der Waals surface area contributed by atoms with Crippen LogP contribution in [-0.2, 0) is 49.0 Å². The van der Waals surface area contributed by atoms with E-state index >= 15 is 0 Å². The van der Waals surface area contributed by atoms with Crippen molar-refractivity contribution < 1.29 is 49.0 Å². The maximum Gasteiger partial charge on any atom is 0.306 e. The first kappa shape index (κ1) is 52.1. The van der Waals surface area contributed by atoms with Gasteiger partial charge in [0.25, 0.3) is 0 Å². The number of benzene rings is 4. The van der Waals surface area contributed by atoms with Crippen LogP contribution < -0.4 is 24.3 Å². The van der Waals surface area contributed by atoms with Gasteiger partial charge in [-0.05, 0) is 102 Å². The minimum atomic E-state index is -1.11. The highest BCUT2D eigenvalue weighted by Crippen LogP contribution is 2.38. The summed E-state index contributed by atoms with van der Waals surface area (Å²) in [5.41, 5.74) is 9.26. The number of aliphatic hydroxyl groups is 2. The SMILES string of the molecule is [C-]#[N+]c1cncc(COc2cc(OCc3cccc(-c4cccc(COc5cc(OCc6cncc(C#N)c6)c(CNC[C@H](O)CC(=O)O)cc5Cl)c4C)c3C)c(Cl)cc2CCC[C@H](O)CC(=O)O)c1. The van der Waals surface area contributed by atoms with Gasteiger partial charge in [0.15, 0.2) is 0 Å². The average Bonchev–Trinajstić information content (AvgIpc) is 3.33. The molecule has 0 unspecified atom stereocenters. The third kappa shape index (κ3) is 14.9. The number of halogens is 2. The van der Waals surface area contributed by atoms with Gasteiger partial charge in [-0.15, -0.1) is 0 Å². The van der Waals surface area contributed by atoms with Gasteiger partial charge >= 0.3 is 11.9 Å². The molecule has 0 aliphatic heterocycles. The molecule has 5 N–H and O–H groups in total. The molecule has 17 heteroatoms. The maximum atomic E-state index is 11.1. The lowest BCUT2D eigenvalue weighted by atomic mass is 9.92. The smallest absolute Gasteiger partial charge is 0.306 e. The molecule has 0 aliphatic carbocycles. The van der Waals surface area contributed by atoms with Crippen LogP contribution in [0.1, 0.15) is 75.8 Å². The van der Waals surface area contributed by atoms with E-state index in [-0.39, 0.29) is 52.4 Å². The van der Waals surface area contributed by atoms with Crippen LogP contribution in [0.15, 0.2) is 97.6 Å². The zero-order valence-corrected chi connectivity index (χ0v) is 40.0. The number of hydrogen-bond acceptors (Lipinski definition) is 12. The number of nitriles is 1. The molecule has 6 aromatic rings. The third-order valence-electron chi connectivity index (χ3n) is 11.3. The molecule has 0 amide bonds. The number of aliphatic carboxylic acids is 2. The highest BCUT2D eigenvalue weighted by atomic mass is 35.5. The predicted molar refractivity (Wildman–Crippen MR) is 262 cm³/mol. The van der Waals surface area contributed by atoms with Crippen molar-refractivity contribution in [3.05, 3.63) is 169 Å². The van der Waals surface area contributed by atoms with Gasteiger partial charge in [0.05, 0.1) is 47.2 Å². The maximum absolute atomic E-state index is 11.1. The van der Waals surface area contributed by atoms with Gasteiger partial charge in [-0.3, -0.25) is 19.6 Å². The van der Waals surface area contributed by atoms with Gasteiger partial charge in [0, 0.05) is 61.1 Å². The standard InChI is InChI=1S/C53H51Cl2N5O10/c1-32-38(30-69-50-19-48(67-29-36-14-41(57-3)26-59-24-36)37(15-46(50)54)7-4-10-42(61)17-52(63)64)8-5-11-44(32)45-12-6-9-39(33(45)2)31-70-51-20-49(68-28-35-13-34(21-56)22-58-23-35)40(16-47(51)55)25-60-27-43(62)18-53(65)66/h5-6,8-9,11-16,19-20,22-24,26,42-43,60-62H,4,7,10,17-18,25,27-31H2,1-2H3,(H,63,64)(H,65,66)/t42-,43+/m0/s1. The normalized spacial score (nSPS) is 11.8. The van der Waals surface area contributed by atoms with E-state index in [4.69, 9.17) is 58.9 Å². The number of nitrogens with zero attached hydrogens (tertiary/aromatic N) is 4. The lowest BCUT2D eigenvalue weighted by Crippen LogP contribution is -2.28. The van der Waals surface area contributed by atoms with E-state index in [9.17, 15) is 25.1 Å². The van der Waals surface area contributed by atoms with E-state index in [0.29, 0.717) is 73.8 Å². The Kier molecular flexibility index (Phi) is 18.9. The quantitative estimate of drug-likeness (QED) is 0.0337. The van der Waals surface area contributed by atoms with Crippen LogP contribution in [0.5, 0.6) is 23.0 Å². The number of aliphatic hydroxyl groups excluding tert-OH is 2. The number of carbonyl (C=O) groups is 2. The van der Waals surface area contributed by atoms with Crippen LogP contribution in [0, 0.1) is 31.8 Å². The summed E-state index contributed by atoms with van der Waals surface area (Å²) in [7, 11) is 0. The van der Waals surface area contributed by atoms with Crippen molar-refractivity contribution in [1.29, 1.82) is 5.26 Å². The summed E-state index contributed by atoms with van der Waals surface area (Å²) in [6, 6.07) is 24.3. The van der Waals surface area contributed by atoms with Gasteiger partial charge in [-0.25, -0.2) is 4.85 Å². The number of carboxylic acids is 2. The summed E-state index contributed by atoms with van der Waals surface area (Å²) in [4.78, 5) is 33.8. The fourth-order valence-electron chi connectivity index (χ4n) is 7.59. The van der Waals surface area contributed by atoms with Crippen molar-refractivity contribution in [2.24, 2.45) is 0 Å². The van der Waals surface area contributed by atoms with E-state index < -0.39 is 30.6 Å². The second-order valence-electron chi connectivity index (χ2n) is 16.5. The molecule has 6 rings (SSSR count). The Hall–Kier alpha value is -7.24. The first-order chi connectivity index (χ1) is 33.7. The predicted octanol–water partition coefficient (Wildman–Crippen LogP) is 9.89. The molecule has 70 heavy (non-hydrogen) atoms. The fraction of sp³-hybridized carbons (Fsp3) is 0.283. The minimum absolute atomic E-state index is 0.0229. The molecular weight excluding hydrogens is 938 g/mol. The molecule has 0 aliphatic rings. The number of hydrogen-bond donors (Lipinski definition) is 5. The van der Waals surface area contributed by atoms with Crippen molar-refractivity contribution in [2.75, 3.05) is 6.54 Å². The van der Waals surface area contributed by atoms with Crippen LogP contribution in [0.25, 0.3) is 16.0 Å². The monoisotopic (exact) mass is 987 g/mol. The fourth-order valence-corrected chi connectivity index (χ4v) is 8.07. The topological polar surface area (TPSA) is 218 Å². The summed E-state index contributed by atoms with van der Waals surface area (Å²) in [6.07, 6.45) is 4.52. The molecule has 15 nitrogen and oxygen atoms in total. The first-order valence-corrected chi connectivity index (χ1v) is 23.0. The van der Waals surface area contributed by atoms with Gasteiger partial charge in [0.1, 0.15) is 55.5 Å². The van der Waals surface area contributed by atoms with Crippen molar-refractivity contribution in [3.8, 4) is 40.2 Å². The second-order valence-corrected chi connectivity index (χ2v) is 17.3. The van der Waals surface area contributed by atoms with E-state index in [1.54, 1.807) is 48.8 Å². The molecule has 362 valence electrons. The van der Waals surface area contributed by atoms with Gasteiger partial charge in [0.2, 0.25) is 5.69 Å². The van der Waals surface area contributed by atoms with E-state index in [1.807, 2.05) is 50.2 Å². The summed E-state index contributed by atoms with van der Waals surface area (Å²) in [5.74, 6) is -0.526. The second kappa shape index (κ2) is 25.4. The molecule has 0 radical (unpaired) electrons. The average molecular weight is 989 g/mol. The molecule has 0 fully saturated rings. The van der Waals surface area contributed by atoms with Crippen LogP contribution >= 0.6 is 23.2 Å². The van der Waals surface area contributed by atoms with Gasteiger partial charge in [-0.1, -0.05) is 59.6 Å². The third-order valence-corrected chi connectivity index (χ3v) is 11.9. The summed E-state index contributed by atoms with van der Waals surface area (Å²) in [6.45, 7) is 12.2. The van der Waals surface area contributed by atoms with E-state index in [2.05, 4.69) is 26.2 Å². The summed E-state index contributed by atoms with van der Waals surface area (Å²) in [5, 5.41) is 51.4. The summed E-state index contributed by atoms with van der Waals surface area (Å²) >= 11 is 13.6. The molecule has 0 saturated heterocycles. The zero-order valence-electron chi connectivity index (χ0n) is 38.5.